The Labute approximate surface area is 170 Å². The number of rotatable bonds is 7. The monoisotopic (exact) mass is 484 g/mol. The van der Waals surface area contributed by atoms with Crippen molar-refractivity contribution in [3.05, 3.63) is 67.3 Å². The van der Waals surface area contributed by atoms with Crippen LogP contribution in [0.1, 0.15) is 18.1 Å². The number of hydrogen-bond acceptors (Lipinski definition) is 5. The summed E-state index contributed by atoms with van der Waals surface area (Å²) in [6.07, 6.45) is 1.66. The van der Waals surface area contributed by atoms with Gasteiger partial charge >= 0.3 is 0 Å². The SMILES string of the molecule is CCNC(=S)N/N=C\c1ccc(OCc2cccc([N+](=O)[O-])c2)c(I)c1. The van der Waals surface area contributed by atoms with Crippen LogP contribution in [-0.2, 0) is 6.61 Å². The minimum absolute atomic E-state index is 0.0512. The fraction of sp³-hybridized carbons (Fsp3) is 0.176. The number of non-ortho nitro benzene ring substituents is 1. The van der Waals surface area contributed by atoms with Gasteiger partial charge in [-0.1, -0.05) is 12.1 Å². The van der Waals surface area contributed by atoms with Crippen molar-refractivity contribution in [3.8, 4) is 5.75 Å². The third kappa shape index (κ3) is 6.23. The van der Waals surface area contributed by atoms with Crippen LogP contribution in [0.25, 0.3) is 0 Å². The summed E-state index contributed by atoms with van der Waals surface area (Å²) in [4.78, 5) is 10.4. The predicted molar refractivity (Wildman–Crippen MR) is 114 cm³/mol. The predicted octanol–water partition coefficient (Wildman–Crippen LogP) is 3.60. The number of ether oxygens (including phenoxy) is 1. The van der Waals surface area contributed by atoms with E-state index in [1.165, 1.54) is 12.1 Å². The Morgan fingerprint density at radius 1 is 1.38 bits per heavy atom. The van der Waals surface area contributed by atoms with Gasteiger partial charge in [0.1, 0.15) is 12.4 Å². The van der Waals surface area contributed by atoms with Crippen molar-refractivity contribution in [2.75, 3.05) is 6.54 Å². The average Bonchev–Trinajstić information content (AvgIpc) is 2.61. The first kappa shape index (κ1) is 20.0. The van der Waals surface area contributed by atoms with Gasteiger partial charge in [-0.05, 0) is 71.1 Å². The zero-order chi connectivity index (χ0) is 18.9. The van der Waals surface area contributed by atoms with Gasteiger partial charge in [0.15, 0.2) is 5.11 Å². The first-order valence-corrected chi connectivity index (χ1v) is 9.21. The van der Waals surface area contributed by atoms with Crippen LogP contribution in [-0.4, -0.2) is 22.8 Å². The summed E-state index contributed by atoms with van der Waals surface area (Å²) >= 11 is 7.19. The van der Waals surface area contributed by atoms with Crippen LogP contribution >= 0.6 is 34.8 Å². The molecule has 0 saturated heterocycles. The van der Waals surface area contributed by atoms with Crippen LogP contribution in [0.2, 0.25) is 0 Å². The third-order valence-electron chi connectivity index (χ3n) is 3.19. The van der Waals surface area contributed by atoms with Crippen LogP contribution in [0.4, 0.5) is 5.69 Å². The highest BCUT2D eigenvalue weighted by atomic mass is 127. The molecule has 7 nitrogen and oxygen atoms in total. The number of hydrogen-bond donors (Lipinski definition) is 2. The second-order valence-corrected chi connectivity index (χ2v) is 6.71. The number of nitrogens with one attached hydrogen (secondary N) is 2. The lowest BCUT2D eigenvalue weighted by molar-refractivity contribution is -0.384. The van der Waals surface area contributed by atoms with E-state index in [4.69, 9.17) is 17.0 Å². The van der Waals surface area contributed by atoms with Crippen molar-refractivity contribution < 1.29 is 9.66 Å². The molecule has 0 aliphatic rings. The Morgan fingerprint density at radius 3 is 2.88 bits per heavy atom. The van der Waals surface area contributed by atoms with E-state index in [-0.39, 0.29) is 12.3 Å². The number of thiocarbonyl (C=S) groups is 1. The van der Waals surface area contributed by atoms with Crippen molar-refractivity contribution in [1.82, 2.24) is 10.7 Å². The summed E-state index contributed by atoms with van der Waals surface area (Å²) < 4.78 is 6.67. The topological polar surface area (TPSA) is 88.8 Å². The molecule has 0 atom stereocenters. The highest BCUT2D eigenvalue weighted by Gasteiger charge is 2.07. The van der Waals surface area contributed by atoms with Crippen LogP contribution in [0.3, 0.4) is 0 Å². The Bertz CT molecular complexity index is 829. The Kier molecular flexibility index (Phi) is 7.73. The second-order valence-electron chi connectivity index (χ2n) is 5.14. The molecule has 0 heterocycles. The Morgan fingerprint density at radius 2 is 2.19 bits per heavy atom. The normalized spacial score (nSPS) is 10.5. The number of benzene rings is 2. The molecule has 2 rings (SSSR count). The maximum Gasteiger partial charge on any atom is 0.269 e. The van der Waals surface area contributed by atoms with E-state index in [9.17, 15) is 10.1 Å². The second kappa shape index (κ2) is 10.0. The largest absolute Gasteiger partial charge is 0.488 e. The van der Waals surface area contributed by atoms with Gasteiger partial charge in [-0.15, -0.1) is 0 Å². The summed E-state index contributed by atoms with van der Waals surface area (Å²) in [6, 6.07) is 12.0. The first-order chi connectivity index (χ1) is 12.5. The molecule has 9 heteroatoms. The zero-order valence-electron chi connectivity index (χ0n) is 13.9. The molecule has 26 heavy (non-hydrogen) atoms. The summed E-state index contributed by atoms with van der Waals surface area (Å²) in [5.74, 6) is 0.699. The van der Waals surface area contributed by atoms with E-state index in [0.29, 0.717) is 10.9 Å². The Balaban J connectivity index is 1.97. The highest BCUT2D eigenvalue weighted by molar-refractivity contribution is 14.1. The Hall–Kier alpha value is -2.27. The van der Waals surface area contributed by atoms with Gasteiger partial charge in [0.25, 0.3) is 5.69 Å². The number of nitro groups is 1. The number of halogens is 1. The van der Waals surface area contributed by atoms with Crippen molar-refractivity contribution in [1.29, 1.82) is 0 Å². The fourth-order valence-electron chi connectivity index (χ4n) is 2.00. The molecule has 0 spiro atoms. The molecule has 0 unspecified atom stereocenters. The lowest BCUT2D eigenvalue weighted by Gasteiger charge is -2.09. The van der Waals surface area contributed by atoms with E-state index < -0.39 is 4.92 Å². The minimum Gasteiger partial charge on any atom is -0.488 e. The molecule has 0 amide bonds. The number of nitro benzene ring substituents is 1. The third-order valence-corrected chi connectivity index (χ3v) is 4.27. The quantitative estimate of drug-likeness (QED) is 0.205. The van der Waals surface area contributed by atoms with Crippen molar-refractivity contribution in [2.24, 2.45) is 5.10 Å². The van der Waals surface area contributed by atoms with Crippen molar-refractivity contribution in [2.45, 2.75) is 13.5 Å². The molecular formula is C17H17IN4O3S. The van der Waals surface area contributed by atoms with Gasteiger partial charge in [0, 0.05) is 18.7 Å². The standard InChI is InChI=1S/C17H17IN4O3S/c1-2-19-17(26)21-20-10-12-6-7-16(15(18)9-12)25-11-13-4-3-5-14(8-13)22(23)24/h3-10H,2,11H2,1H3,(H2,19,21,26)/b20-10-. The van der Waals surface area contributed by atoms with Crippen LogP contribution in [0.15, 0.2) is 47.6 Å². The zero-order valence-corrected chi connectivity index (χ0v) is 16.9. The van der Waals surface area contributed by atoms with E-state index >= 15 is 0 Å². The molecule has 0 fully saturated rings. The molecule has 0 bridgehead atoms. The van der Waals surface area contributed by atoms with E-state index in [1.807, 2.05) is 25.1 Å². The van der Waals surface area contributed by atoms with Gasteiger partial charge in [-0.2, -0.15) is 5.10 Å². The van der Waals surface area contributed by atoms with Crippen LogP contribution < -0.4 is 15.5 Å². The molecule has 0 aliphatic carbocycles. The molecule has 136 valence electrons. The smallest absolute Gasteiger partial charge is 0.269 e. The van der Waals surface area contributed by atoms with Crippen LogP contribution in [0, 0.1) is 13.7 Å². The molecule has 0 aliphatic heterocycles. The number of nitrogens with zero attached hydrogens (tertiary/aromatic N) is 2. The van der Waals surface area contributed by atoms with E-state index in [1.54, 1.807) is 18.3 Å². The van der Waals surface area contributed by atoms with E-state index in [2.05, 4.69) is 38.4 Å². The maximum absolute atomic E-state index is 10.8. The highest BCUT2D eigenvalue weighted by Crippen LogP contribution is 2.23. The van der Waals surface area contributed by atoms with Crippen molar-refractivity contribution in [3.63, 3.8) is 0 Å². The fourth-order valence-corrected chi connectivity index (χ4v) is 2.89. The molecule has 0 saturated carbocycles. The molecule has 2 aromatic carbocycles. The first-order valence-electron chi connectivity index (χ1n) is 7.72. The molecule has 0 aromatic heterocycles. The van der Waals surface area contributed by atoms with Gasteiger partial charge in [-0.25, -0.2) is 0 Å². The van der Waals surface area contributed by atoms with Gasteiger partial charge in [0.05, 0.1) is 14.7 Å². The van der Waals surface area contributed by atoms with Gasteiger partial charge in [0.2, 0.25) is 0 Å². The molecule has 0 radical (unpaired) electrons. The maximum atomic E-state index is 10.8. The van der Waals surface area contributed by atoms with Crippen LogP contribution in [0.5, 0.6) is 5.75 Å². The molecule has 2 N–H and O–H groups in total. The minimum atomic E-state index is -0.420. The lowest BCUT2D eigenvalue weighted by Crippen LogP contribution is -2.31. The van der Waals surface area contributed by atoms with Gasteiger partial charge < -0.3 is 10.1 Å². The van der Waals surface area contributed by atoms with Crippen molar-refractivity contribution >= 4 is 51.8 Å². The summed E-state index contributed by atoms with van der Waals surface area (Å²) in [6.45, 7) is 2.94. The molecular weight excluding hydrogens is 467 g/mol. The molecule has 2 aromatic rings. The van der Waals surface area contributed by atoms with Gasteiger partial charge in [-0.3, -0.25) is 15.5 Å². The lowest BCUT2D eigenvalue weighted by atomic mass is 10.2. The van der Waals surface area contributed by atoms with E-state index in [0.717, 1.165) is 21.2 Å². The number of hydrazone groups is 1. The summed E-state index contributed by atoms with van der Waals surface area (Å²) in [5, 5.41) is 18.3. The average molecular weight is 484 g/mol. The summed E-state index contributed by atoms with van der Waals surface area (Å²) in [7, 11) is 0. The summed E-state index contributed by atoms with van der Waals surface area (Å²) in [5.41, 5.74) is 4.41.